The molecule has 0 unspecified atom stereocenters. The number of benzene rings is 4. The molecule has 4 nitrogen and oxygen atoms in total. The van der Waals surface area contributed by atoms with Gasteiger partial charge in [0, 0.05) is 21.4 Å². The van der Waals surface area contributed by atoms with Crippen LogP contribution in [-0.2, 0) is 0 Å². The molecule has 0 fully saturated rings. The number of halogens is 2. The van der Waals surface area contributed by atoms with Crippen molar-refractivity contribution in [1.29, 1.82) is 5.26 Å². The largest absolute Gasteiger partial charge is 0.337 e. The van der Waals surface area contributed by atoms with Crippen molar-refractivity contribution in [2.75, 3.05) is 0 Å². The van der Waals surface area contributed by atoms with Gasteiger partial charge in [-0.25, -0.2) is 9.37 Å². The summed E-state index contributed by atoms with van der Waals surface area (Å²) in [7, 11) is 0. The number of nitrogens with one attached hydrogen (secondary N) is 1. The van der Waals surface area contributed by atoms with Crippen molar-refractivity contribution in [3.63, 3.8) is 0 Å². The number of nitrogens with zero attached hydrogens (tertiary/aromatic N) is 2. The second-order valence-corrected chi connectivity index (χ2v) is 7.53. The van der Waals surface area contributed by atoms with E-state index in [1.807, 2.05) is 30.3 Å². The molecule has 6 heteroatoms. The number of fused-ring (bicyclic) bond motifs is 6. The number of imidazole rings is 1. The van der Waals surface area contributed by atoms with E-state index in [2.05, 4.69) is 9.97 Å². The van der Waals surface area contributed by atoms with E-state index in [4.69, 9.17) is 11.6 Å². The fourth-order valence-electron chi connectivity index (χ4n) is 3.89. The summed E-state index contributed by atoms with van der Waals surface area (Å²) < 4.78 is 14.6. The van der Waals surface area contributed by atoms with Gasteiger partial charge in [-0.1, -0.05) is 35.9 Å². The fourth-order valence-corrected chi connectivity index (χ4v) is 4.06. The van der Waals surface area contributed by atoms with Crippen LogP contribution in [0, 0.1) is 17.1 Å². The second kappa shape index (κ2) is 6.65. The van der Waals surface area contributed by atoms with Gasteiger partial charge in [-0.15, -0.1) is 0 Å². The zero-order chi connectivity index (χ0) is 21.0. The number of Topliss-reactive ketones (excluding diaryl/α,β-unsaturated/α-hetero) is 1. The number of carbonyl (C=O) groups is 1. The number of rotatable bonds is 2. The lowest BCUT2D eigenvalue weighted by atomic mass is 9.97. The van der Waals surface area contributed by atoms with Gasteiger partial charge in [0.2, 0.25) is 0 Å². The maximum Gasteiger partial charge on any atom is 0.159 e. The van der Waals surface area contributed by atoms with E-state index in [1.165, 1.54) is 19.1 Å². The molecule has 0 aliphatic carbocycles. The Balaban J connectivity index is 1.96. The third kappa shape index (κ3) is 2.66. The van der Waals surface area contributed by atoms with Crippen molar-refractivity contribution in [3.8, 4) is 17.5 Å². The van der Waals surface area contributed by atoms with Gasteiger partial charge in [0.25, 0.3) is 0 Å². The third-order valence-electron chi connectivity index (χ3n) is 5.30. The van der Waals surface area contributed by atoms with Gasteiger partial charge in [0.05, 0.1) is 28.2 Å². The smallest absolute Gasteiger partial charge is 0.159 e. The molecule has 5 rings (SSSR count). The molecule has 1 N–H and O–H groups in total. The molecular formula is C24H13ClFN3O. The minimum absolute atomic E-state index is 0.0417. The zero-order valence-corrected chi connectivity index (χ0v) is 16.5. The van der Waals surface area contributed by atoms with Crippen molar-refractivity contribution in [1.82, 2.24) is 9.97 Å². The first-order chi connectivity index (χ1) is 14.5. The Morgan fingerprint density at radius 3 is 2.60 bits per heavy atom. The average molecular weight is 414 g/mol. The van der Waals surface area contributed by atoms with E-state index in [1.54, 1.807) is 18.2 Å². The Hall–Kier alpha value is -3.75. The predicted octanol–water partition coefficient (Wildman–Crippen LogP) is 6.40. The maximum absolute atomic E-state index is 14.6. The molecule has 0 amide bonds. The lowest BCUT2D eigenvalue weighted by Crippen LogP contribution is -1.92. The highest BCUT2D eigenvalue weighted by molar-refractivity contribution is 6.33. The number of H-pyrrole nitrogens is 1. The summed E-state index contributed by atoms with van der Waals surface area (Å²) in [6.07, 6.45) is 0. The van der Waals surface area contributed by atoms with Crippen LogP contribution in [-0.4, -0.2) is 15.8 Å². The molecule has 144 valence electrons. The Bertz CT molecular complexity index is 1560. The van der Waals surface area contributed by atoms with Crippen molar-refractivity contribution in [3.05, 3.63) is 76.6 Å². The summed E-state index contributed by atoms with van der Waals surface area (Å²) in [6, 6.07) is 17.3. The normalized spacial score (nSPS) is 11.3. The molecule has 0 radical (unpaired) electrons. The standard InChI is InChI=1S/C24H13ClFN3O/c1-12(30)13-5-7-16-18(9-13)19-10-15(25)6-8-17(19)23-22(16)28-24(29-23)21-14(11-27)3-2-4-20(21)26/h2-10H,1H3,(H,28,29). The number of carbonyl (C=O) groups excluding carboxylic acids is 1. The number of hydrogen-bond donors (Lipinski definition) is 1. The summed E-state index contributed by atoms with van der Waals surface area (Å²) in [4.78, 5) is 19.8. The van der Waals surface area contributed by atoms with Gasteiger partial charge in [-0.2, -0.15) is 5.26 Å². The molecule has 0 spiro atoms. The monoisotopic (exact) mass is 413 g/mol. The van der Waals surface area contributed by atoms with Crippen LogP contribution in [0.4, 0.5) is 4.39 Å². The van der Waals surface area contributed by atoms with Crippen molar-refractivity contribution < 1.29 is 9.18 Å². The van der Waals surface area contributed by atoms with E-state index in [-0.39, 0.29) is 22.7 Å². The van der Waals surface area contributed by atoms with Gasteiger partial charge in [-0.3, -0.25) is 4.79 Å². The first kappa shape index (κ1) is 18.3. The van der Waals surface area contributed by atoms with Crippen LogP contribution >= 0.6 is 11.6 Å². The number of aromatic amines is 1. The Morgan fingerprint density at radius 1 is 1.07 bits per heavy atom. The fraction of sp³-hybridized carbons (Fsp3) is 0.0417. The highest BCUT2D eigenvalue weighted by Crippen LogP contribution is 2.37. The van der Waals surface area contributed by atoms with E-state index in [0.29, 0.717) is 21.6 Å². The third-order valence-corrected chi connectivity index (χ3v) is 5.53. The molecule has 1 heterocycles. The summed E-state index contributed by atoms with van der Waals surface area (Å²) in [5.74, 6) is -0.289. The van der Waals surface area contributed by atoms with Gasteiger partial charge in [-0.05, 0) is 48.0 Å². The van der Waals surface area contributed by atoms with E-state index < -0.39 is 5.82 Å². The second-order valence-electron chi connectivity index (χ2n) is 7.09. The summed E-state index contributed by atoms with van der Waals surface area (Å²) >= 11 is 6.26. The SMILES string of the molecule is CC(=O)c1ccc2c(c1)c1cc(Cl)ccc1c1[nH]c(-c3c(F)cccc3C#N)nc21. The zero-order valence-electron chi connectivity index (χ0n) is 15.8. The highest BCUT2D eigenvalue weighted by atomic mass is 35.5. The minimum Gasteiger partial charge on any atom is -0.337 e. The van der Waals surface area contributed by atoms with E-state index in [9.17, 15) is 14.4 Å². The van der Waals surface area contributed by atoms with E-state index >= 15 is 0 Å². The van der Waals surface area contributed by atoms with Crippen LogP contribution in [0.2, 0.25) is 5.02 Å². The van der Waals surface area contributed by atoms with Crippen LogP contribution < -0.4 is 0 Å². The van der Waals surface area contributed by atoms with Gasteiger partial charge in [0.15, 0.2) is 5.78 Å². The van der Waals surface area contributed by atoms with Crippen molar-refractivity contribution >= 4 is 50.0 Å². The Morgan fingerprint density at radius 2 is 1.83 bits per heavy atom. The van der Waals surface area contributed by atoms with Crippen LogP contribution in [0.25, 0.3) is 44.0 Å². The predicted molar refractivity (Wildman–Crippen MR) is 116 cm³/mol. The van der Waals surface area contributed by atoms with Crippen LogP contribution in [0.1, 0.15) is 22.8 Å². The minimum atomic E-state index is -0.524. The first-order valence-corrected chi connectivity index (χ1v) is 9.60. The van der Waals surface area contributed by atoms with Crippen molar-refractivity contribution in [2.24, 2.45) is 0 Å². The Kier molecular flexibility index (Phi) is 4.05. The number of ketones is 1. The van der Waals surface area contributed by atoms with Gasteiger partial charge >= 0.3 is 0 Å². The molecule has 0 atom stereocenters. The summed E-state index contributed by atoms with van der Waals surface area (Å²) in [6.45, 7) is 1.52. The molecule has 0 saturated heterocycles. The van der Waals surface area contributed by atoms with Gasteiger partial charge < -0.3 is 4.98 Å². The molecule has 1 aromatic heterocycles. The molecule has 4 aromatic carbocycles. The first-order valence-electron chi connectivity index (χ1n) is 9.22. The number of hydrogen-bond acceptors (Lipinski definition) is 3. The average Bonchev–Trinajstić information content (AvgIpc) is 3.18. The van der Waals surface area contributed by atoms with Crippen LogP contribution in [0.15, 0.2) is 54.6 Å². The summed E-state index contributed by atoms with van der Waals surface area (Å²) in [5, 5.41) is 13.3. The molecule has 0 aliphatic heterocycles. The summed E-state index contributed by atoms with van der Waals surface area (Å²) in [5.41, 5.74) is 2.26. The molecule has 0 bridgehead atoms. The molecule has 0 saturated carbocycles. The molecule has 5 aromatic rings. The highest BCUT2D eigenvalue weighted by Gasteiger charge is 2.19. The van der Waals surface area contributed by atoms with Crippen LogP contribution in [0.5, 0.6) is 0 Å². The van der Waals surface area contributed by atoms with Gasteiger partial charge in [0.1, 0.15) is 11.6 Å². The van der Waals surface area contributed by atoms with E-state index in [0.717, 1.165) is 21.5 Å². The van der Waals surface area contributed by atoms with Crippen LogP contribution in [0.3, 0.4) is 0 Å². The quantitative estimate of drug-likeness (QED) is 0.269. The lowest BCUT2D eigenvalue weighted by Gasteiger charge is -2.08. The topological polar surface area (TPSA) is 69.5 Å². The molecular weight excluding hydrogens is 401 g/mol. The number of nitriles is 1. The molecule has 0 aliphatic rings. The number of aromatic nitrogens is 2. The molecule has 30 heavy (non-hydrogen) atoms. The van der Waals surface area contributed by atoms with Crippen molar-refractivity contribution in [2.45, 2.75) is 6.92 Å². The lowest BCUT2D eigenvalue weighted by molar-refractivity contribution is 0.101. The maximum atomic E-state index is 14.6. The Labute approximate surface area is 175 Å².